The monoisotopic (exact) mass is 195 g/mol. The molecule has 0 aliphatic rings. The van der Waals surface area contributed by atoms with Gasteiger partial charge in [-0.05, 0) is 12.8 Å². The van der Waals surface area contributed by atoms with Crippen LogP contribution in [0, 0.1) is 12.8 Å². The fraction of sp³-hybridized carbons (Fsp3) is 0.727. The van der Waals surface area contributed by atoms with Crippen LogP contribution in [-0.4, -0.2) is 16.6 Å². The molecule has 0 saturated carbocycles. The summed E-state index contributed by atoms with van der Waals surface area (Å²) >= 11 is 0. The Kier molecular flexibility index (Phi) is 3.98. The Balaban J connectivity index is 2.73. The van der Waals surface area contributed by atoms with E-state index in [9.17, 15) is 0 Å². The van der Waals surface area contributed by atoms with Crippen LogP contribution < -0.4 is 5.32 Å². The van der Waals surface area contributed by atoms with E-state index < -0.39 is 0 Å². The molecule has 0 amide bonds. The molecule has 0 unspecified atom stereocenters. The van der Waals surface area contributed by atoms with Crippen molar-refractivity contribution in [1.82, 2.24) is 9.55 Å². The summed E-state index contributed by atoms with van der Waals surface area (Å²) in [4.78, 5) is 4.40. The van der Waals surface area contributed by atoms with Gasteiger partial charge in [-0.1, -0.05) is 26.7 Å². The highest BCUT2D eigenvalue weighted by Crippen LogP contribution is 2.15. The Hall–Kier alpha value is -0.990. The summed E-state index contributed by atoms with van der Waals surface area (Å²) < 4.78 is 2.22. The number of aromatic nitrogens is 2. The first-order valence-corrected chi connectivity index (χ1v) is 5.42. The van der Waals surface area contributed by atoms with Crippen LogP contribution in [0.2, 0.25) is 0 Å². The number of hydrogen-bond donors (Lipinski definition) is 1. The Labute approximate surface area is 86.5 Å². The molecule has 1 aromatic rings. The molecule has 0 bridgehead atoms. The first kappa shape index (κ1) is 11.1. The summed E-state index contributed by atoms with van der Waals surface area (Å²) in [5.74, 6) is 1.74. The number of anilines is 1. The molecule has 0 radical (unpaired) electrons. The molecule has 0 fully saturated rings. The molecule has 0 aliphatic carbocycles. The lowest BCUT2D eigenvalue weighted by atomic mass is 10.0. The summed E-state index contributed by atoms with van der Waals surface area (Å²) in [5.41, 5.74) is 1.08. The molecule has 14 heavy (non-hydrogen) atoms. The second-order valence-electron chi connectivity index (χ2n) is 3.79. The number of aryl methyl sites for hydroxylation is 1. The molecule has 0 aromatic carbocycles. The minimum absolute atomic E-state index is 0.760. The highest BCUT2D eigenvalue weighted by Gasteiger charge is 2.08. The van der Waals surface area contributed by atoms with Crippen LogP contribution in [0.4, 0.5) is 5.95 Å². The molecule has 0 atom stereocenters. The number of nitrogens with one attached hydrogen (secondary N) is 1. The number of nitrogens with zero attached hydrogens (tertiary/aromatic N) is 2. The quantitative estimate of drug-likeness (QED) is 0.782. The lowest BCUT2D eigenvalue weighted by Gasteiger charge is -2.14. The molecule has 1 rings (SSSR count). The fourth-order valence-corrected chi connectivity index (χ4v) is 1.71. The van der Waals surface area contributed by atoms with Gasteiger partial charge in [-0.15, -0.1) is 0 Å². The van der Waals surface area contributed by atoms with E-state index in [0.717, 1.165) is 24.1 Å². The third-order valence-electron chi connectivity index (χ3n) is 2.73. The van der Waals surface area contributed by atoms with Gasteiger partial charge < -0.3 is 9.88 Å². The molecule has 0 aliphatic heterocycles. The maximum absolute atomic E-state index is 4.40. The van der Waals surface area contributed by atoms with Crippen molar-refractivity contribution >= 4 is 5.95 Å². The van der Waals surface area contributed by atoms with Crippen molar-refractivity contribution in [2.45, 2.75) is 40.2 Å². The predicted molar refractivity (Wildman–Crippen MR) is 60.6 cm³/mol. The Morgan fingerprint density at radius 2 is 2.07 bits per heavy atom. The zero-order chi connectivity index (χ0) is 10.6. The average molecular weight is 195 g/mol. The fourth-order valence-electron chi connectivity index (χ4n) is 1.71. The van der Waals surface area contributed by atoms with Crippen molar-refractivity contribution in [3.05, 3.63) is 11.9 Å². The molecule has 1 aromatic heterocycles. The van der Waals surface area contributed by atoms with Crippen LogP contribution >= 0.6 is 0 Å². The van der Waals surface area contributed by atoms with Crippen molar-refractivity contribution < 1.29 is 0 Å². The number of rotatable bonds is 5. The van der Waals surface area contributed by atoms with Gasteiger partial charge in [0.25, 0.3) is 0 Å². The van der Waals surface area contributed by atoms with Gasteiger partial charge in [-0.25, -0.2) is 4.98 Å². The molecule has 3 heteroatoms. The zero-order valence-electron chi connectivity index (χ0n) is 9.67. The van der Waals surface area contributed by atoms with E-state index in [1.54, 1.807) is 0 Å². The molecular weight excluding hydrogens is 174 g/mol. The van der Waals surface area contributed by atoms with Crippen molar-refractivity contribution in [3.63, 3.8) is 0 Å². The minimum atomic E-state index is 0.760. The highest BCUT2D eigenvalue weighted by molar-refractivity contribution is 5.27. The Morgan fingerprint density at radius 3 is 2.57 bits per heavy atom. The Morgan fingerprint density at radius 1 is 1.43 bits per heavy atom. The maximum Gasteiger partial charge on any atom is 0.202 e. The summed E-state index contributed by atoms with van der Waals surface area (Å²) in [6.45, 7) is 7.60. The van der Waals surface area contributed by atoms with E-state index >= 15 is 0 Å². The van der Waals surface area contributed by atoms with Gasteiger partial charge in [0.15, 0.2) is 0 Å². The topological polar surface area (TPSA) is 29.9 Å². The van der Waals surface area contributed by atoms with Crippen LogP contribution in [0.25, 0.3) is 0 Å². The van der Waals surface area contributed by atoms with Crippen LogP contribution in [0.3, 0.4) is 0 Å². The summed E-state index contributed by atoms with van der Waals surface area (Å²) in [6.07, 6.45) is 4.58. The van der Waals surface area contributed by atoms with Gasteiger partial charge in [-0.2, -0.15) is 0 Å². The zero-order valence-corrected chi connectivity index (χ0v) is 9.67. The van der Waals surface area contributed by atoms with Gasteiger partial charge in [0.1, 0.15) is 0 Å². The largest absolute Gasteiger partial charge is 0.359 e. The summed E-state index contributed by atoms with van der Waals surface area (Å²) in [6, 6.07) is 0. The second kappa shape index (κ2) is 5.03. The normalized spacial score (nSPS) is 10.9. The van der Waals surface area contributed by atoms with Crippen molar-refractivity contribution in [2.75, 3.05) is 12.4 Å². The van der Waals surface area contributed by atoms with E-state index in [0.29, 0.717) is 0 Å². The maximum atomic E-state index is 4.40. The van der Waals surface area contributed by atoms with Crippen LogP contribution in [0.5, 0.6) is 0 Å². The van der Waals surface area contributed by atoms with E-state index in [2.05, 4.69) is 34.9 Å². The standard InChI is InChI=1S/C11H21N3/c1-5-10(6-2)8-14-7-9(3)13-11(14)12-4/h7,10H,5-6,8H2,1-4H3,(H,12,13). The first-order valence-electron chi connectivity index (χ1n) is 5.42. The molecular formula is C11H21N3. The third-order valence-corrected chi connectivity index (χ3v) is 2.73. The second-order valence-corrected chi connectivity index (χ2v) is 3.79. The van der Waals surface area contributed by atoms with Gasteiger partial charge in [0, 0.05) is 19.8 Å². The average Bonchev–Trinajstić information content (AvgIpc) is 2.55. The molecule has 1 N–H and O–H groups in total. The van der Waals surface area contributed by atoms with Gasteiger partial charge in [0.05, 0.1) is 5.69 Å². The van der Waals surface area contributed by atoms with Gasteiger partial charge in [-0.3, -0.25) is 0 Å². The van der Waals surface area contributed by atoms with E-state index in [-0.39, 0.29) is 0 Å². The molecule has 1 heterocycles. The van der Waals surface area contributed by atoms with E-state index in [1.807, 2.05) is 14.0 Å². The van der Waals surface area contributed by atoms with Crippen molar-refractivity contribution in [3.8, 4) is 0 Å². The summed E-state index contributed by atoms with van der Waals surface area (Å²) in [7, 11) is 1.92. The van der Waals surface area contributed by atoms with Crippen molar-refractivity contribution in [1.29, 1.82) is 0 Å². The highest BCUT2D eigenvalue weighted by atomic mass is 15.2. The SMILES string of the molecule is CCC(CC)Cn1cc(C)nc1NC. The van der Waals surface area contributed by atoms with Crippen LogP contribution in [0.1, 0.15) is 32.4 Å². The molecule has 3 nitrogen and oxygen atoms in total. The van der Waals surface area contributed by atoms with E-state index in [4.69, 9.17) is 0 Å². The Bertz CT molecular complexity index is 274. The first-order chi connectivity index (χ1) is 6.71. The number of hydrogen-bond acceptors (Lipinski definition) is 2. The smallest absolute Gasteiger partial charge is 0.202 e. The molecule has 0 saturated heterocycles. The van der Waals surface area contributed by atoms with Gasteiger partial charge >= 0.3 is 0 Å². The lowest BCUT2D eigenvalue weighted by molar-refractivity contribution is 0.421. The van der Waals surface area contributed by atoms with Gasteiger partial charge in [0.2, 0.25) is 5.95 Å². The predicted octanol–water partition coefficient (Wildman–Crippen LogP) is 2.67. The van der Waals surface area contributed by atoms with E-state index in [1.165, 1.54) is 12.8 Å². The number of imidazole rings is 1. The van der Waals surface area contributed by atoms with Crippen LogP contribution in [-0.2, 0) is 6.54 Å². The minimum Gasteiger partial charge on any atom is -0.359 e. The molecule has 0 spiro atoms. The third kappa shape index (κ3) is 2.50. The molecule has 80 valence electrons. The summed E-state index contributed by atoms with van der Waals surface area (Å²) in [5, 5.41) is 3.12. The van der Waals surface area contributed by atoms with Crippen LogP contribution in [0.15, 0.2) is 6.20 Å². The lowest BCUT2D eigenvalue weighted by Crippen LogP contribution is -2.10. The van der Waals surface area contributed by atoms with Crippen molar-refractivity contribution in [2.24, 2.45) is 5.92 Å².